The fourth-order valence-electron chi connectivity index (χ4n) is 3.75. The lowest BCUT2D eigenvalue weighted by Gasteiger charge is -2.33. The lowest BCUT2D eigenvalue weighted by Crippen LogP contribution is -2.45. The number of guanidine groups is 1. The zero-order valence-corrected chi connectivity index (χ0v) is 16.2. The zero-order valence-electron chi connectivity index (χ0n) is 16.2. The number of rotatable bonds is 5. The number of aliphatic imine (C=N–C) groups is 1. The molecule has 1 amide bonds. The van der Waals surface area contributed by atoms with E-state index in [0.29, 0.717) is 19.5 Å². The highest BCUT2D eigenvalue weighted by atomic mass is 16.2. The molecular weight excluding hydrogens is 324 g/mol. The number of hydrogen-bond donors (Lipinski definition) is 1. The zero-order chi connectivity index (χ0) is 18.4. The van der Waals surface area contributed by atoms with Crippen LogP contribution in [0.2, 0.25) is 0 Å². The van der Waals surface area contributed by atoms with Gasteiger partial charge in [-0.2, -0.15) is 0 Å². The van der Waals surface area contributed by atoms with E-state index in [1.807, 2.05) is 4.90 Å². The molecule has 1 aromatic rings. The number of amides is 1. The number of hydrogen-bond acceptors (Lipinski definition) is 2. The molecule has 0 unspecified atom stereocenters. The number of nitrogens with zero attached hydrogens (tertiary/aromatic N) is 3. The molecule has 2 aliphatic rings. The van der Waals surface area contributed by atoms with Crippen LogP contribution >= 0.6 is 0 Å². The van der Waals surface area contributed by atoms with Crippen molar-refractivity contribution in [3.63, 3.8) is 0 Å². The highest BCUT2D eigenvalue weighted by molar-refractivity contribution is 5.80. The predicted octanol–water partition coefficient (Wildman–Crippen LogP) is 3.01. The first-order valence-corrected chi connectivity index (χ1v) is 10.0. The van der Waals surface area contributed by atoms with E-state index in [1.54, 1.807) is 0 Å². The second-order valence-corrected chi connectivity index (χ2v) is 7.53. The molecule has 2 saturated heterocycles. The Kier molecular flexibility index (Phi) is 6.53. The molecule has 2 fully saturated rings. The Morgan fingerprint density at radius 1 is 1.19 bits per heavy atom. The third-order valence-electron chi connectivity index (χ3n) is 5.47. The molecule has 3 rings (SSSR count). The van der Waals surface area contributed by atoms with Gasteiger partial charge < -0.3 is 15.1 Å². The largest absolute Gasteiger partial charge is 0.357 e. The Labute approximate surface area is 157 Å². The first kappa shape index (κ1) is 18.7. The molecule has 0 saturated carbocycles. The van der Waals surface area contributed by atoms with Crippen molar-refractivity contribution >= 4 is 11.9 Å². The SMILES string of the molecule is CCNC(=NCc1ccccc1CN1CCCC1=O)N1CCC(C)CC1. The number of piperidine rings is 1. The van der Waals surface area contributed by atoms with Gasteiger partial charge in [0.15, 0.2) is 5.96 Å². The topological polar surface area (TPSA) is 47.9 Å². The van der Waals surface area contributed by atoms with E-state index in [2.05, 4.69) is 48.3 Å². The summed E-state index contributed by atoms with van der Waals surface area (Å²) >= 11 is 0. The molecular formula is C21H32N4O. The van der Waals surface area contributed by atoms with Crippen molar-refractivity contribution in [2.24, 2.45) is 10.9 Å². The van der Waals surface area contributed by atoms with Crippen LogP contribution in [-0.2, 0) is 17.9 Å². The molecule has 1 N–H and O–H groups in total. The molecule has 0 radical (unpaired) electrons. The van der Waals surface area contributed by atoms with Crippen LogP contribution in [0.3, 0.4) is 0 Å². The van der Waals surface area contributed by atoms with Gasteiger partial charge in [0.05, 0.1) is 6.54 Å². The Morgan fingerprint density at radius 3 is 2.58 bits per heavy atom. The summed E-state index contributed by atoms with van der Waals surface area (Å²) in [5.74, 6) is 2.11. The van der Waals surface area contributed by atoms with Crippen LogP contribution in [0, 0.1) is 5.92 Å². The minimum Gasteiger partial charge on any atom is -0.357 e. The molecule has 142 valence electrons. The van der Waals surface area contributed by atoms with Crippen LogP contribution in [0.5, 0.6) is 0 Å². The van der Waals surface area contributed by atoms with Gasteiger partial charge in [-0.3, -0.25) is 4.79 Å². The van der Waals surface area contributed by atoms with Crippen LogP contribution in [0.1, 0.15) is 50.7 Å². The maximum absolute atomic E-state index is 12.0. The van der Waals surface area contributed by atoms with Gasteiger partial charge in [-0.05, 0) is 43.2 Å². The predicted molar refractivity (Wildman–Crippen MR) is 106 cm³/mol. The fraction of sp³-hybridized carbons (Fsp3) is 0.619. The van der Waals surface area contributed by atoms with E-state index in [9.17, 15) is 4.79 Å². The summed E-state index contributed by atoms with van der Waals surface area (Å²) < 4.78 is 0. The van der Waals surface area contributed by atoms with Gasteiger partial charge in [-0.15, -0.1) is 0 Å². The van der Waals surface area contributed by atoms with E-state index < -0.39 is 0 Å². The quantitative estimate of drug-likeness (QED) is 0.652. The lowest BCUT2D eigenvalue weighted by molar-refractivity contribution is -0.128. The number of carbonyl (C=O) groups is 1. The smallest absolute Gasteiger partial charge is 0.222 e. The third kappa shape index (κ3) is 4.77. The van der Waals surface area contributed by atoms with Crippen molar-refractivity contribution in [3.05, 3.63) is 35.4 Å². The molecule has 26 heavy (non-hydrogen) atoms. The maximum Gasteiger partial charge on any atom is 0.222 e. The van der Waals surface area contributed by atoms with E-state index in [-0.39, 0.29) is 5.91 Å². The summed E-state index contributed by atoms with van der Waals surface area (Å²) in [5, 5.41) is 3.45. The Hall–Kier alpha value is -2.04. The standard InChI is InChI=1S/C21H32N4O/c1-3-22-21(24-13-10-17(2)11-14-24)23-15-18-7-4-5-8-19(18)16-25-12-6-9-20(25)26/h4-5,7-8,17H,3,6,9-16H2,1-2H3,(H,22,23). The Bertz CT molecular complexity index is 635. The van der Waals surface area contributed by atoms with E-state index >= 15 is 0 Å². The van der Waals surface area contributed by atoms with Gasteiger partial charge in [0.1, 0.15) is 0 Å². The summed E-state index contributed by atoms with van der Waals surface area (Å²) in [6.07, 6.45) is 4.14. The second kappa shape index (κ2) is 9.06. The van der Waals surface area contributed by atoms with E-state index in [4.69, 9.17) is 4.99 Å². The number of benzene rings is 1. The van der Waals surface area contributed by atoms with E-state index in [0.717, 1.165) is 44.5 Å². The Morgan fingerprint density at radius 2 is 1.92 bits per heavy atom. The molecule has 2 heterocycles. The van der Waals surface area contributed by atoms with Crippen molar-refractivity contribution < 1.29 is 4.79 Å². The summed E-state index contributed by atoms with van der Waals surface area (Å²) in [5.41, 5.74) is 2.43. The first-order valence-electron chi connectivity index (χ1n) is 10.0. The highest BCUT2D eigenvalue weighted by Gasteiger charge is 2.21. The van der Waals surface area contributed by atoms with Crippen molar-refractivity contribution in [2.45, 2.75) is 52.6 Å². The number of carbonyl (C=O) groups excluding carboxylic acids is 1. The average Bonchev–Trinajstić information content (AvgIpc) is 3.05. The van der Waals surface area contributed by atoms with Crippen molar-refractivity contribution in [3.8, 4) is 0 Å². The van der Waals surface area contributed by atoms with Crippen LogP contribution < -0.4 is 5.32 Å². The third-order valence-corrected chi connectivity index (χ3v) is 5.47. The Balaban J connectivity index is 1.70. The van der Waals surface area contributed by atoms with Gasteiger partial charge in [-0.1, -0.05) is 31.2 Å². The lowest BCUT2D eigenvalue weighted by atomic mass is 9.99. The minimum atomic E-state index is 0.277. The van der Waals surface area contributed by atoms with Crippen molar-refractivity contribution in [1.29, 1.82) is 0 Å². The summed E-state index contributed by atoms with van der Waals surface area (Å²) in [4.78, 5) is 21.2. The molecule has 5 heteroatoms. The number of likely N-dealkylation sites (tertiary alicyclic amines) is 2. The average molecular weight is 357 g/mol. The molecule has 0 atom stereocenters. The van der Waals surface area contributed by atoms with E-state index in [1.165, 1.54) is 24.0 Å². The van der Waals surface area contributed by atoms with Gasteiger partial charge in [0.25, 0.3) is 0 Å². The maximum atomic E-state index is 12.0. The molecule has 1 aromatic carbocycles. The van der Waals surface area contributed by atoms with Crippen LogP contribution in [0.25, 0.3) is 0 Å². The van der Waals surface area contributed by atoms with Gasteiger partial charge in [-0.25, -0.2) is 4.99 Å². The van der Waals surface area contributed by atoms with Gasteiger partial charge in [0, 0.05) is 39.1 Å². The second-order valence-electron chi connectivity index (χ2n) is 7.53. The van der Waals surface area contributed by atoms with Crippen LogP contribution in [0.15, 0.2) is 29.3 Å². The van der Waals surface area contributed by atoms with Gasteiger partial charge in [0.2, 0.25) is 5.91 Å². The first-order chi connectivity index (χ1) is 12.7. The fourth-order valence-corrected chi connectivity index (χ4v) is 3.75. The molecule has 0 aliphatic carbocycles. The van der Waals surface area contributed by atoms with Crippen molar-refractivity contribution in [1.82, 2.24) is 15.1 Å². The summed E-state index contributed by atoms with van der Waals surface area (Å²) in [6.45, 7) is 9.74. The molecule has 0 bridgehead atoms. The summed E-state index contributed by atoms with van der Waals surface area (Å²) in [7, 11) is 0. The van der Waals surface area contributed by atoms with Crippen LogP contribution in [0.4, 0.5) is 0 Å². The van der Waals surface area contributed by atoms with Gasteiger partial charge >= 0.3 is 0 Å². The van der Waals surface area contributed by atoms with Crippen molar-refractivity contribution in [2.75, 3.05) is 26.2 Å². The monoisotopic (exact) mass is 356 g/mol. The molecule has 0 spiro atoms. The number of nitrogens with one attached hydrogen (secondary N) is 1. The molecule has 5 nitrogen and oxygen atoms in total. The van der Waals surface area contributed by atoms with Crippen LogP contribution in [-0.4, -0.2) is 47.8 Å². The minimum absolute atomic E-state index is 0.277. The normalized spacial score (nSPS) is 19.3. The molecule has 0 aromatic heterocycles. The summed E-state index contributed by atoms with van der Waals surface area (Å²) in [6, 6.07) is 8.39. The highest BCUT2D eigenvalue weighted by Crippen LogP contribution is 2.19. The molecule has 2 aliphatic heterocycles.